The van der Waals surface area contributed by atoms with Crippen molar-refractivity contribution in [2.45, 2.75) is 18.9 Å². The monoisotopic (exact) mass is 389 g/mol. The fourth-order valence-corrected chi connectivity index (χ4v) is 3.52. The predicted molar refractivity (Wildman–Crippen MR) is 111 cm³/mol. The maximum absolute atomic E-state index is 12.5. The first-order valence-electron chi connectivity index (χ1n) is 10.0. The van der Waals surface area contributed by atoms with Gasteiger partial charge in [-0.3, -0.25) is 4.79 Å². The number of hydrogen-bond acceptors (Lipinski definition) is 6. The Labute approximate surface area is 169 Å². The van der Waals surface area contributed by atoms with Crippen LogP contribution in [-0.2, 0) is 0 Å². The second-order valence-corrected chi connectivity index (χ2v) is 7.48. The lowest BCUT2D eigenvalue weighted by molar-refractivity contribution is 0.0714. The highest BCUT2D eigenvalue weighted by molar-refractivity contribution is 5.91. The highest BCUT2D eigenvalue weighted by atomic mass is 16.3. The van der Waals surface area contributed by atoms with Gasteiger partial charge in [-0.05, 0) is 25.0 Å². The summed E-state index contributed by atoms with van der Waals surface area (Å²) in [5, 5.41) is 3.50. The van der Waals surface area contributed by atoms with Gasteiger partial charge in [-0.2, -0.15) is 0 Å². The summed E-state index contributed by atoms with van der Waals surface area (Å²) in [4.78, 5) is 26.1. The molecule has 1 aliphatic carbocycles. The summed E-state index contributed by atoms with van der Waals surface area (Å²) >= 11 is 0. The van der Waals surface area contributed by atoms with E-state index in [4.69, 9.17) is 14.4 Å². The lowest BCUT2D eigenvalue weighted by Gasteiger charge is -2.35. The Bertz CT molecular complexity index is 978. The van der Waals surface area contributed by atoms with E-state index in [1.165, 1.54) is 19.1 Å². The predicted octanol–water partition coefficient (Wildman–Crippen LogP) is 3.27. The van der Waals surface area contributed by atoms with Crippen molar-refractivity contribution < 1.29 is 9.21 Å². The van der Waals surface area contributed by atoms with Gasteiger partial charge in [0.25, 0.3) is 5.91 Å². The Morgan fingerprint density at radius 2 is 1.79 bits per heavy atom. The zero-order valence-electron chi connectivity index (χ0n) is 16.1. The van der Waals surface area contributed by atoms with Crippen LogP contribution in [0.5, 0.6) is 0 Å². The molecule has 0 bridgehead atoms. The van der Waals surface area contributed by atoms with Crippen molar-refractivity contribution in [1.29, 1.82) is 0 Å². The van der Waals surface area contributed by atoms with Gasteiger partial charge in [0.2, 0.25) is 0 Å². The molecule has 3 heterocycles. The second kappa shape index (κ2) is 7.58. The van der Waals surface area contributed by atoms with Gasteiger partial charge in [-0.1, -0.05) is 30.3 Å². The molecule has 29 heavy (non-hydrogen) atoms. The van der Waals surface area contributed by atoms with Crippen LogP contribution in [0.3, 0.4) is 0 Å². The van der Waals surface area contributed by atoms with Crippen LogP contribution in [0.15, 0.2) is 59.2 Å². The number of rotatable bonds is 5. The number of nitrogens with one attached hydrogen (secondary N) is 1. The van der Waals surface area contributed by atoms with Crippen LogP contribution in [-0.4, -0.2) is 53.0 Å². The molecule has 2 aliphatic rings. The minimum absolute atomic E-state index is 0.0570. The molecule has 0 radical (unpaired) electrons. The van der Waals surface area contributed by atoms with E-state index in [9.17, 15) is 4.79 Å². The molecule has 2 aromatic heterocycles. The first kappa shape index (κ1) is 17.7. The smallest absolute Gasteiger partial charge is 0.289 e. The van der Waals surface area contributed by atoms with Gasteiger partial charge < -0.3 is 19.5 Å². The summed E-state index contributed by atoms with van der Waals surface area (Å²) in [5.74, 6) is 2.82. The molecule has 1 amide bonds. The summed E-state index contributed by atoms with van der Waals surface area (Å²) < 4.78 is 5.25. The SMILES string of the molecule is O=C(c1ccco1)N1CCN(c2cc(NC3CC3)nc(-c3ccccc3)n2)CC1. The minimum Gasteiger partial charge on any atom is -0.459 e. The van der Waals surface area contributed by atoms with Gasteiger partial charge in [0.05, 0.1) is 6.26 Å². The van der Waals surface area contributed by atoms with Crippen LogP contribution >= 0.6 is 0 Å². The molecule has 7 nitrogen and oxygen atoms in total. The lowest BCUT2D eigenvalue weighted by Crippen LogP contribution is -2.49. The Balaban J connectivity index is 1.35. The number of nitrogens with zero attached hydrogens (tertiary/aromatic N) is 4. The third-order valence-electron chi connectivity index (χ3n) is 5.30. The molecule has 1 saturated heterocycles. The molecular formula is C22H23N5O2. The maximum atomic E-state index is 12.5. The fraction of sp³-hybridized carbons (Fsp3) is 0.318. The van der Waals surface area contributed by atoms with Crippen molar-refractivity contribution in [3.8, 4) is 11.4 Å². The molecule has 0 spiro atoms. The average Bonchev–Trinajstić information content (AvgIpc) is 3.41. The largest absolute Gasteiger partial charge is 0.459 e. The molecule has 1 saturated carbocycles. The van der Waals surface area contributed by atoms with Crippen molar-refractivity contribution in [3.05, 3.63) is 60.6 Å². The molecule has 1 N–H and O–H groups in total. The van der Waals surface area contributed by atoms with Crippen LogP contribution in [0.1, 0.15) is 23.4 Å². The summed E-state index contributed by atoms with van der Waals surface area (Å²) in [5.41, 5.74) is 1.000. The molecule has 5 rings (SSSR count). The quantitative estimate of drug-likeness (QED) is 0.722. The first-order valence-corrected chi connectivity index (χ1v) is 10.0. The summed E-state index contributed by atoms with van der Waals surface area (Å²) in [6.45, 7) is 2.71. The van der Waals surface area contributed by atoms with E-state index in [1.54, 1.807) is 12.1 Å². The molecule has 3 aromatic rings. The van der Waals surface area contributed by atoms with Gasteiger partial charge >= 0.3 is 0 Å². The number of piperazine rings is 1. The van der Waals surface area contributed by atoms with Crippen molar-refractivity contribution in [1.82, 2.24) is 14.9 Å². The number of furan rings is 1. The number of anilines is 2. The molecule has 0 unspecified atom stereocenters. The van der Waals surface area contributed by atoms with E-state index in [0.717, 1.165) is 36.1 Å². The van der Waals surface area contributed by atoms with Gasteiger partial charge in [0.15, 0.2) is 11.6 Å². The number of aromatic nitrogens is 2. The Morgan fingerprint density at radius 1 is 1.00 bits per heavy atom. The van der Waals surface area contributed by atoms with E-state index in [0.29, 0.717) is 24.9 Å². The molecule has 148 valence electrons. The number of benzene rings is 1. The number of amides is 1. The van der Waals surface area contributed by atoms with Crippen molar-refractivity contribution in [3.63, 3.8) is 0 Å². The lowest BCUT2D eigenvalue weighted by atomic mass is 10.2. The van der Waals surface area contributed by atoms with Gasteiger partial charge in [0, 0.05) is 43.9 Å². The normalized spacial score (nSPS) is 16.7. The third-order valence-corrected chi connectivity index (χ3v) is 5.30. The van der Waals surface area contributed by atoms with Crippen molar-refractivity contribution in [2.75, 3.05) is 36.4 Å². The topological polar surface area (TPSA) is 74.5 Å². The molecule has 7 heteroatoms. The zero-order chi connectivity index (χ0) is 19.6. The summed E-state index contributed by atoms with van der Waals surface area (Å²) in [6.07, 6.45) is 3.91. The van der Waals surface area contributed by atoms with Gasteiger partial charge in [-0.15, -0.1) is 0 Å². The molecule has 1 aliphatic heterocycles. The van der Waals surface area contributed by atoms with Crippen LogP contribution in [0.2, 0.25) is 0 Å². The van der Waals surface area contributed by atoms with Crippen molar-refractivity contribution >= 4 is 17.5 Å². The fourth-order valence-electron chi connectivity index (χ4n) is 3.52. The van der Waals surface area contributed by atoms with Crippen molar-refractivity contribution in [2.24, 2.45) is 0 Å². The molecule has 1 aromatic carbocycles. The average molecular weight is 389 g/mol. The number of carbonyl (C=O) groups is 1. The van der Waals surface area contributed by atoms with Crippen LogP contribution in [0.25, 0.3) is 11.4 Å². The van der Waals surface area contributed by atoms with E-state index >= 15 is 0 Å². The highest BCUT2D eigenvalue weighted by Crippen LogP contribution is 2.28. The summed E-state index contributed by atoms with van der Waals surface area (Å²) in [7, 11) is 0. The Morgan fingerprint density at radius 3 is 2.48 bits per heavy atom. The standard InChI is InChI=1S/C22H23N5O2/c28-22(18-7-4-14-29-18)27-12-10-26(11-13-27)20-15-19(23-17-8-9-17)24-21(25-20)16-5-2-1-3-6-16/h1-7,14-15,17H,8-13H2,(H,23,24,25). The zero-order valence-corrected chi connectivity index (χ0v) is 16.1. The third kappa shape index (κ3) is 3.94. The maximum Gasteiger partial charge on any atom is 0.289 e. The van der Waals surface area contributed by atoms with Gasteiger partial charge in [-0.25, -0.2) is 9.97 Å². The van der Waals surface area contributed by atoms with Crippen LogP contribution in [0.4, 0.5) is 11.6 Å². The van der Waals surface area contributed by atoms with E-state index < -0.39 is 0 Å². The van der Waals surface area contributed by atoms with E-state index in [2.05, 4.69) is 10.2 Å². The minimum atomic E-state index is -0.0570. The summed E-state index contributed by atoms with van der Waals surface area (Å²) in [6, 6.07) is 16.0. The van der Waals surface area contributed by atoms with E-state index in [1.807, 2.05) is 41.3 Å². The number of carbonyl (C=O) groups excluding carboxylic acids is 1. The first-order chi connectivity index (χ1) is 14.3. The Kier molecular flexibility index (Phi) is 4.63. The van der Waals surface area contributed by atoms with Gasteiger partial charge in [0.1, 0.15) is 11.6 Å². The second-order valence-electron chi connectivity index (χ2n) is 7.48. The van der Waals surface area contributed by atoms with Crippen LogP contribution in [0, 0.1) is 0 Å². The van der Waals surface area contributed by atoms with E-state index in [-0.39, 0.29) is 5.91 Å². The highest BCUT2D eigenvalue weighted by Gasteiger charge is 2.26. The molecule has 0 atom stereocenters. The molecule has 2 fully saturated rings. The number of hydrogen-bond donors (Lipinski definition) is 1. The van der Waals surface area contributed by atoms with Crippen LogP contribution < -0.4 is 10.2 Å². The Hall–Kier alpha value is -3.35. The molecular weight excluding hydrogens is 366 g/mol.